The van der Waals surface area contributed by atoms with Gasteiger partial charge in [0.05, 0.1) is 28.3 Å². The molecule has 10 nitrogen and oxygen atoms in total. The number of esters is 1. The zero-order chi connectivity index (χ0) is 26.6. The predicted molar refractivity (Wildman–Crippen MR) is 135 cm³/mol. The molecule has 3 rings (SSSR count). The van der Waals surface area contributed by atoms with E-state index in [2.05, 4.69) is 15.5 Å². The van der Waals surface area contributed by atoms with Crippen molar-refractivity contribution in [1.29, 1.82) is 0 Å². The van der Waals surface area contributed by atoms with Crippen LogP contribution in [-0.4, -0.2) is 64.4 Å². The van der Waals surface area contributed by atoms with Crippen LogP contribution in [0, 0.1) is 12.7 Å². The Bertz CT molecular complexity index is 1310. The second-order valence-corrected chi connectivity index (χ2v) is 9.98. The molecule has 0 saturated heterocycles. The first-order chi connectivity index (χ1) is 17.0. The number of anilines is 1. The number of benzene rings is 1. The molecule has 0 unspecified atom stereocenters. The van der Waals surface area contributed by atoms with Crippen LogP contribution in [-0.2, 0) is 23.2 Å². The SMILES string of the molecule is COC(=O)c1c(NC(=O)CSc2nnc(COc3ccc(F)cc3Cl)n2C)sc(C(=O)N(C)C)c1C. The maximum atomic E-state index is 13.2. The van der Waals surface area contributed by atoms with Crippen molar-refractivity contribution in [3.63, 3.8) is 0 Å². The molecule has 2 amide bonds. The Kier molecular flexibility index (Phi) is 8.93. The first kappa shape index (κ1) is 27.4. The Balaban J connectivity index is 1.66. The lowest BCUT2D eigenvalue weighted by Crippen LogP contribution is -2.21. The third kappa shape index (κ3) is 6.15. The number of thiophene rings is 1. The number of nitrogens with one attached hydrogen (secondary N) is 1. The summed E-state index contributed by atoms with van der Waals surface area (Å²) in [5.41, 5.74) is 0.580. The van der Waals surface area contributed by atoms with E-state index in [1.165, 1.54) is 24.1 Å². The van der Waals surface area contributed by atoms with Crippen molar-refractivity contribution in [3.05, 3.63) is 50.9 Å². The average Bonchev–Trinajstić information content (AvgIpc) is 3.34. The molecule has 2 heterocycles. The van der Waals surface area contributed by atoms with Crippen molar-refractivity contribution < 1.29 is 28.2 Å². The maximum absolute atomic E-state index is 13.2. The highest BCUT2D eigenvalue weighted by Gasteiger charge is 2.27. The monoisotopic (exact) mass is 555 g/mol. The quantitative estimate of drug-likeness (QED) is 0.313. The molecule has 36 heavy (non-hydrogen) atoms. The van der Waals surface area contributed by atoms with Crippen molar-refractivity contribution in [1.82, 2.24) is 19.7 Å². The summed E-state index contributed by atoms with van der Waals surface area (Å²) in [5.74, 6) is -1.09. The standard InChI is InChI=1S/C22H23ClFN5O5S2/c1-11-17(21(32)33-5)19(36-18(11)20(31)28(2)3)25-16(30)10-35-22-27-26-15(29(22)4)9-34-14-7-6-12(24)8-13(14)23/h6-8H,9-10H2,1-5H3,(H,25,30). The molecule has 2 aromatic heterocycles. The highest BCUT2D eigenvalue weighted by molar-refractivity contribution is 7.99. The number of carbonyl (C=O) groups excluding carboxylic acids is 3. The molecule has 0 fully saturated rings. The second kappa shape index (κ2) is 11.7. The molecule has 192 valence electrons. The van der Waals surface area contributed by atoms with Crippen LogP contribution in [0.25, 0.3) is 0 Å². The van der Waals surface area contributed by atoms with Crippen molar-refractivity contribution in [2.75, 3.05) is 32.3 Å². The zero-order valence-corrected chi connectivity index (χ0v) is 22.4. The smallest absolute Gasteiger partial charge is 0.341 e. The molecular weight excluding hydrogens is 533 g/mol. The van der Waals surface area contributed by atoms with Gasteiger partial charge in [-0.05, 0) is 30.7 Å². The summed E-state index contributed by atoms with van der Waals surface area (Å²) in [4.78, 5) is 39.2. The van der Waals surface area contributed by atoms with E-state index in [9.17, 15) is 18.8 Å². The molecule has 0 aliphatic rings. The van der Waals surface area contributed by atoms with Gasteiger partial charge in [0.15, 0.2) is 11.0 Å². The van der Waals surface area contributed by atoms with Gasteiger partial charge in [0.2, 0.25) is 5.91 Å². The topological polar surface area (TPSA) is 116 Å². The van der Waals surface area contributed by atoms with E-state index < -0.39 is 17.7 Å². The van der Waals surface area contributed by atoms with E-state index in [1.807, 2.05) is 0 Å². The van der Waals surface area contributed by atoms with Crippen molar-refractivity contribution in [2.45, 2.75) is 18.7 Å². The van der Waals surface area contributed by atoms with E-state index in [0.717, 1.165) is 29.2 Å². The van der Waals surface area contributed by atoms with Crippen molar-refractivity contribution in [3.8, 4) is 5.75 Å². The molecule has 0 saturated carbocycles. The number of rotatable bonds is 9. The Morgan fingerprint density at radius 3 is 2.64 bits per heavy atom. The minimum absolute atomic E-state index is 0.0290. The lowest BCUT2D eigenvalue weighted by molar-refractivity contribution is -0.113. The van der Waals surface area contributed by atoms with E-state index >= 15 is 0 Å². The summed E-state index contributed by atoms with van der Waals surface area (Å²) in [6.45, 7) is 1.66. The van der Waals surface area contributed by atoms with E-state index in [1.54, 1.807) is 32.6 Å². The van der Waals surface area contributed by atoms with Crippen LogP contribution in [0.5, 0.6) is 5.75 Å². The fourth-order valence-electron chi connectivity index (χ4n) is 2.98. The number of halogens is 2. The van der Waals surface area contributed by atoms with Gasteiger partial charge in [-0.1, -0.05) is 23.4 Å². The summed E-state index contributed by atoms with van der Waals surface area (Å²) in [6, 6.07) is 3.80. The van der Waals surface area contributed by atoms with Gasteiger partial charge in [0, 0.05) is 21.1 Å². The fourth-order valence-corrected chi connectivity index (χ4v) is 5.16. The number of nitrogens with zero attached hydrogens (tertiary/aromatic N) is 4. The average molecular weight is 556 g/mol. The minimum Gasteiger partial charge on any atom is -0.484 e. The molecule has 0 atom stereocenters. The molecule has 14 heteroatoms. The number of aromatic nitrogens is 3. The molecule has 1 aromatic carbocycles. The third-order valence-corrected chi connectivity index (χ3v) is 7.41. The number of thioether (sulfide) groups is 1. The Hall–Kier alpha value is -3.16. The lowest BCUT2D eigenvalue weighted by atomic mass is 10.1. The molecule has 0 aliphatic carbocycles. The highest BCUT2D eigenvalue weighted by atomic mass is 35.5. The lowest BCUT2D eigenvalue weighted by Gasteiger charge is -2.08. The molecular formula is C22H23ClFN5O5S2. The number of hydrogen-bond donors (Lipinski definition) is 1. The van der Waals surface area contributed by atoms with Crippen molar-refractivity contribution in [2.24, 2.45) is 7.05 Å². The number of methoxy groups -OCH3 is 1. The number of amides is 2. The van der Waals surface area contributed by atoms with Gasteiger partial charge in [0.25, 0.3) is 5.91 Å². The summed E-state index contributed by atoms with van der Waals surface area (Å²) >= 11 is 8.11. The Labute approximate surface area is 219 Å². The van der Waals surface area contributed by atoms with Crippen LogP contribution >= 0.6 is 34.7 Å². The Morgan fingerprint density at radius 2 is 2.00 bits per heavy atom. The predicted octanol–water partition coefficient (Wildman–Crippen LogP) is 3.78. The zero-order valence-electron chi connectivity index (χ0n) is 20.0. The van der Waals surface area contributed by atoms with E-state index in [0.29, 0.717) is 27.2 Å². The van der Waals surface area contributed by atoms with E-state index in [-0.39, 0.29) is 33.9 Å². The van der Waals surface area contributed by atoms with Crippen LogP contribution in [0.3, 0.4) is 0 Å². The summed E-state index contributed by atoms with van der Waals surface area (Å²) < 4.78 is 25.3. The first-order valence-corrected chi connectivity index (χ1v) is 12.5. The Morgan fingerprint density at radius 1 is 1.28 bits per heavy atom. The molecule has 0 aliphatic heterocycles. The van der Waals surface area contributed by atoms with Gasteiger partial charge in [-0.15, -0.1) is 21.5 Å². The van der Waals surface area contributed by atoms with Gasteiger partial charge < -0.3 is 24.3 Å². The highest BCUT2D eigenvalue weighted by Crippen LogP contribution is 2.34. The second-order valence-electron chi connectivity index (χ2n) is 7.61. The number of carbonyl (C=O) groups is 3. The largest absolute Gasteiger partial charge is 0.484 e. The van der Waals surface area contributed by atoms with Gasteiger partial charge in [-0.25, -0.2) is 9.18 Å². The summed E-state index contributed by atoms with van der Waals surface area (Å²) in [6.07, 6.45) is 0. The normalized spacial score (nSPS) is 10.8. The van der Waals surface area contributed by atoms with E-state index in [4.69, 9.17) is 21.1 Å². The minimum atomic E-state index is -0.649. The number of hydrogen-bond acceptors (Lipinski definition) is 9. The van der Waals surface area contributed by atoms with Crippen LogP contribution in [0.4, 0.5) is 9.39 Å². The summed E-state index contributed by atoms with van der Waals surface area (Å²) in [5, 5.41) is 11.6. The van der Waals surface area contributed by atoms with Gasteiger partial charge in [-0.2, -0.15) is 0 Å². The van der Waals surface area contributed by atoms with Gasteiger partial charge >= 0.3 is 5.97 Å². The van der Waals surface area contributed by atoms with Gasteiger partial charge in [0.1, 0.15) is 23.2 Å². The fraction of sp³-hybridized carbons (Fsp3) is 0.318. The third-order valence-electron chi connectivity index (χ3n) is 4.90. The van der Waals surface area contributed by atoms with Crippen LogP contribution in [0.1, 0.15) is 31.4 Å². The molecule has 0 radical (unpaired) electrons. The maximum Gasteiger partial charge on any atom is 0.341 e. The van der Waals surface area contributed by atoms with Crippen LogP contribution < -0.4 is 10.1 Å². The van der Waals surface area contributed by atoms with Crippen LogP contribution in [0.15, 0.2) is 23.4 Å². The van der Waals surface area contributed by atoms with Crippen LogP contribution in [0.2, 0.25) is 5.02 Å². The van der Waals surface area contributed by atoms with Gasteiger partial charge in [-0.3, -0.25) is 9.59 Å². The molecule has 0 spiro atoms. The molecule has 0 bridgehead atoms. The first-order valence-electron chi connectivity index (χ1n) is 10.4. The number of ether oxygens (including phenoxy) is 2. The summed E-state index contributed by atoms with van der Waals surface area (Å²) in [7, 11) is 6.14. The molecule has 1 N–H and O–H groups in total. The van der Waals surface area contributed by atoms with Crippen molar-refractivity contribution >= 4 is 57.5 Å². The molecule has 3 aromatic rings.